The number of aldehydes is 1. The van der Waals surface area contributed by atoms with Gasteiger partial charge in [0.1, 0.15) is 0 Å². The topological polar surface area (TPSA) is 56.0 Å². The van der Waals surface area contributed by atoms with Gasteiger partial charge < -0.3 is 4.52 Å². The molecule has 1 aromatic heterocycles. The molecule has 0 radical (unpaired) electrons. The Morgan fingerprint density at radius 2 is 2.36 bits per heavy atom. The lowest BCUT2D eigenvalue weighted by Gasteiger charge is -2.20. The van der Waals surface area contributed by atoms with E-state index in [2.05, 4.69) is 10.1 Å². The lowest BCUT2D eigenvalue weighted by Crippen LogP contribution is -2.08. The Hall–Kier alpha value is -1.19. The molecule has 0 N–H and O–H groups in total. The average molecular weight is 152 g/mol. The summed E-state index contributed by atoms with van der Waals surface area (Å²) in [6, 6.07) is 0. The van der Waals surface area contributed by atoms with Crippen molar-refractivity contribution >= 4 is 6.29 Å². The Morgan fingerprint density at radius 3 is 2.82 bits per heavy atom. The van der Waals surface area contributed by atoms with E-state index < -0.39 is 0 Å². The van der Waals surface area contributed by atoms with Crippen LogP contribution in [0.15, 0.2) is 4.52 Å². The first kappa shape index (κ1) is 6.52. The van der Waals surface area contributed by atoms with Crippen molar-refractivity contribution < 1.29 is 9.32 Å². The molecule has 1 aliphatic rings. The van der Waals surface area contributed by atoms with Gasteiger partial charge in [-0.25, -0.2) is 0 Å². The van der Waals surface area contributed by atoms with Crippen LogP contribution in [0.2, 0.25) is 0 Å². The first-order valence-corrected chi connectivity index (χ1v) is 3.69. The second kappa shape index (κ2) is 2.45. The number of carbonyl (C=O) groups excluding carboxylic acids is 1. The molecule has 0 atom stereocenters. The third-order valence-electron chi connectivity index (χ3n) is 2.02. The summed E-state index contributed by atoms with van der Waals surface area (Å²) >= 11 is 0. The highest BCUT2D eigenvalue weighted by molar-refractivity contribution is 5.68. The number of hydrogen-bond acceptors (Lipinski definition) is 4. The van der Waals surface area contributed by atoms with Gasteiger partial charge in [0.15, 0.2) is 6.29 Å². The molecule has 11 heavy (non-hydrogen) atoms. The minimum Gasteiger partial charge on any atom is -0.339 e. The standard InChI is InChI=1S/C7H8N2O2/c10-4-6-8-7(11-9-6)5-2-1-3-5/h4-5H,1-3H2. The van der Waals surface area contributed by atoms with Crippen LogP contribution in [-0.4, -0.2) is 16.4 Å². The summed E-state index contributed by atoms with van der Waals surface area (Å²) in [6.07, 6.45) is 4.05. The van der Waals surface area contributed by atoms with Crippen LogP contribution in [0, 0.1) is 0 Å². The maximum absolute atomic E-state index is 10.2. The highest BCUT2D eigenvalue weighted by atomic mass is 16.5. The zero-order chi connectivity index (χ0) is 7.68. The van der Waals surface area contributed by atoms with Gasteiger partial charge in [-0.05, 0) is 12.8 Å². The molecule has 0 saturated heterocycles. The molecule has 0 bridgehead atoms. The van der Waals surface area contributed by atoms with Gasteiger partial charge in [-0.2, -0.15) is 4.98 Å². The lowest BCUT2D eigenvalue weighted by atomic mass is 9.85. The smallest absolute Gasteiger partial charge is 0.235 e. The molecule has 0 aromatic carbocycles. The Bertz CT molecular complexity index is 265. The van der Waals surface area contributed by atoms with Crippen LogP contribution < -0.4 is 0 Å². The third-order valence-corrected chi connectivity index (χ3v) is 2.02. The number of aromatic nitrogens is 2. The fourth-order valence-electron chi connectivity index (χ4n) is 1.12. The molecule has 58 valence electrons. The third kappa shape index (κ3) is 1.04. The van der Waals surface area contributed by atoms with Crippen molar-refractivity contribution in [3.8, 4) is 0 Å². The predicted octanol–water partition coefficient (Wildman–Crippen LogP) is 1.15. The summed E-state index contributed by atoms with van der Waals surface area (Å²) in [7, 11) is 0. The van der Waals surface area contributed by atoms with E-state index in [0.29, 0.717) is 18.1 Å². The maximum atomic E-state index is 10.2. The fraction of sp³-hybridized carbons (Fsp3) is 0.571. The molecule has 1 aliphatic carbocycles. The van der Waals surface area contributed by atoms with E-state index in [-0.39, 0.29) is 5.82 Å². The quantitative estimate of drug-likeness (QED) is 0.596. The molecule has 2 rings (SSSR count). The molecule has 1 heterocycles. The Kier molecular flexibility index (Phi) is 1.45. The van der Waals surface area contributed by atoms with Gasteiger partial charge in [0, 0.05) is 5.92 Å². The van der Waals surface area contributed by atoms with Crippen LogP contribution in [0.4, 0.5) is 0 Å². The van der Waals surface area contributed by atoms with Crippen LogP contribution in [0.25, 0.3) is 0 Å². The molecular weight excluding hydrogens is 144 g/mol. The SMILES string of the molecule is O=Cc1noc(C2CCC2)n1. The highest BCUT2D eigenvalue weighted by Gasteiger charge is 2.24. The van der Waals surface area contributed by atoms with Crippen molar-refractivity contribution in [1.82, 2.24) is 10.1 Å². The second-order valence-electron chi connectivity index (χ2n) is 2.74. The van der Waals surface area contributed by atoms with Crippen molar-refractivity contribution in [1.29, 1.82) is 0 Å². The molecule has 4 nitrogen and oxygen atoms in total. The van der Waals surface area contributed by atoms with E-state index in [1.807, 2.05) is 0 Å². The highest BCUT2D eigenvalue weighted by Crippen LogP contribution is 2.34. The summed E-state index contributed by atoms with van der Waals surface area (Å²) in [5.41, 5.74) is 0. The maximum Gasteiger partial charge on any atom is 0.235 e. The molecular formula is C7H8N2O2. The minimum absolute atomic E-state index is 0.159. The minimum atomic E-state index is 0.159. The predicted molar refractivity (Wildman–Crippen MR) is 36.3 cm³/mol. The van der Waals surface area contributed by atoms with E-state index >= 15 is 0 Å². The van der Waals surface area contributed by atoms with E-state index in [9.17, 15) is 4.79 Å². The monoisotopic (exact) mass is 152 g/mol. The Morgan fingerprint density at radius 1 is 1.55 bits per heavy atom. The van der Waals surface area contributed by atoms with Crippen molar-refractivity contribution in [2.75, 3.05) is 0 Å². The summed E-state index contributed by atoms with van der Waals surface area (Å²) < 4.78 is 4.87. The lowest BCUT2D eigenvalue weighted by molar-refractivity contribution is 0.111. The molecule has 4 heteroatoms. The number of rotatable bonds is 2. The van der Waals surface area contributed by atoms with Crippen molar-refractivity contribution in [2.24, 2.45) is 0 Å². The van der Waals surface area contributed by atoms with Crippen LogP contribution in [-0.2, 0) is 0 Å². The first-order valence-electron chi connectivity index (χ1n) is 3.69. The fourth-order valence-corrected chi connectivity index (χ4v) is 1.12. The van der Waals surface area contributed by atoms with Crippen LogP contribution in [0.1, 0.15) is 41.7 Å². The normalized spacial score (nSPS) is 17.8. The van der Waals surface area contributed by atoms with Gasteiger partial charge in [-0.1, -0.05) is 11.6 Å². The van der Waals surface area contributed by atoms with Gasteiger partial charge in [0.05, 0.1) is 0 Å². The number of nitrogens with zero attached hydrogens (tertiary/aromatic N) is 2. The van der Waals surface area contributed by atoms with E-state index in [1.54, 1.807) is 0 Å². The number of carbonyl (C=O) groups is 1. The first-order chi connectivity index (χ1) is 5.40. The molecule has 1 aromatic rings. The molecule has 0 unspecified atom stereocenters. The van der Waals surface area contributed by atoms with E-state index in [1.165, 1.54) is 6.42 Å². The number of hydrogen-bond donors (Lipinski definition) is 0. The van der Waals surface area contributed by atoms with E-state index in [4.69, 9.17) is 4.52 Å². The van der Waals surface area contributed by atoms with Crippen LogP contribution >= 0.6 is 0 Å². The van der Waals surface area contributed by atoms with Crippen LogP contribution in [0.5, 0.6) is 0 Å². The van der Waals surface area contributed by atoms with E-state index in [0.717, 1.165) is 12.8 Å². The van der Waals surface area contributed by atoms with Crippen molar-refractivity contribution in [3.63, 3.8) is 0 Å². The average Bonchev–Trinajstić information content (AvgIpc) is 2.32. The summed E-state index contributed by atoms with van der Waals surface area (Å²) in [6.45, 7) is 0. The zero-order valence-corrected chi connectivity index (χ0v) is 5.99. The Labute approximate surface area is 63.6 Å². The molecule has 0 spiro atoms. The molecule has 0 amide bonds. The van der Waals surface area contributed by atoms with Crippen molar-refractivity contribution in [3.05, 3.63) is 11.7 Å². The Balaban J connectivity index is 2.17. The summed E-state index contributed by atoms with van der Waals surface area (Å²) in [4.78, 5) is 14.1. The van der Waals surface area contributed by atoms with Gasteiger partial charge in [-0.3, -0.25) is 4.79 Å². The zero-order valence-electron chi connectivity index (χ0n) is 5.99. The largest absolute Gasteiger partial charge is 0.339 e. The summed E-state index contributed by atoms with van der Waals surface area (Å²) in [5, 5.41) is 3.48. The molecule has 1 fully saturated rings. The summed E-state index contributed by atoms with van der Waals surface area (Å²) in [5.74, 6) is 1.20. The van der Waals surface area contributed by atoms with Crippen LogP contribution in [0.3, 0.4) is 0 Å². The van der Waals surface area contributed by atoms with Crippen molar-refractivity contribution in [2.45, 2.75) is 25.2 Å². The van der Waals surface area contributed by atoms with Gasteiger partial charge in [0.2, 0.25) is 11.7 Å². The van der Waals surface area contributed by atoms with Gasteiger partial charge in [0.25, 0.3) is 0 Å². The molecule has 1 saturated carbocycles. The second-order valence-corrected chi connectivity index (χ2v) is 2.74. The molecule has 0 aliphatic heterocycles. The van der Waals surface area contributed by atoms with Gasteiger partial charge >= 0.3 is 0 Å². The van der Waals surface area contributed by atoms with Gasteiger partial charge in [-0.15, -0.1) is 0 Å².